The van der Waals surface area contributed by atoms with Crippen molar-refractivity contribution in [3.63, 3.8) is 0 Å². The number of carbonyl (C=O) groups is 2. The number of carbonyl (C=O) groups excluding carboxylic acids is 1. The molecule has 1 aromatic heterocycles. The summed E-state index contributed by atoms with van der Waals surface area (Å²) in [7, 11) is 0. The highest BCUT2D eigenvalue weighted by Gasteiger charge is 2.42. The molecule has 0 saturated heterocycles. The van der Waals surface area contributed by atoms with Crippen LogP contribution in [0, 0.1) is 5.41 Å². The summed E-state index contributed by atoms with van der Waals surface area (Å²) in [5, 5.41) is 15.2. The van der Waals surface area contributed by atoms with Gasteiger partial charge in [0.25, 0.3) is 0 Å². The summed E-state index contributed by atoms with van der Waals surface area (Å²) in [5.41, 5.74) is 5.69. The SMILES string of the molecule is NCC1(C(=O)Nc2cnn(CC(=O)O)c2)CCC1. The molecular formula is C11H16N4O3. The fourth-order valence-electron chi connectivity index (χ4n) is 2.04. The Morgan fingerprint density at radius 3 is 2.78 bits per heavy atom. The van der Waals surface area contributed by atoms with Crippen molar-refractivity contribution < 1.29 is 14.7 Å². The summed E-state index contributed by atoms with van der Waals surface area (Å²) >= 11 is 0. The van der Waals surface area contributed by atoms with Gasteiger partial charge in [-0.3, -0.25) is 14.3 Å². The Labute approximate surface area is 104 Å². The molecule has 7 nitrogen and oxygen atoms in total. The van der Waals surface area contributed by atoms with Crippen molar-refractivity contribution in [2.45, 2.75) is 25.8 Å². The molecule has 18 heavy (non-hydrogen) atoms. The lowest BCUT2D eigenvalue weighted by Gasteiger charge is -2.38. The predicted molar refractivity (Wildman–Crippen MR) is 63.8 cm³/mol. The van der Waals surface area contributed by atoms with E-state index in [1.807, 2.05) is 0 Å². The van der Waals surface area contributed by atoms with Crippen LogP contribution in [0.15, 0.2) is 12.4 Å². The number of amides is 1. The van der Waals surface area contributed by atoms with Crippen molar-refractivity contribution in [1.82, 2.24) is 9.78 Å². The number of rotatable bonds is 5. The largest absolute Gasteiger partial charge is 0.480 e. The Morgan fingerprint density at radius 1 is 1.56 bits per heavy atom. The van der Waals surface area contributed by atoms with Gasteiger partial charge in [0.1, 0.15) is 6.54 Å². The van der Waals surface area contributed by atoms with Crippen LogP contribution < -0.4 is 11.1 Å². The molecule has 1 aliphatic carbocycles. The minimum Gasteiger partial charge on any atom is -0.480 e. The highest BCUT2D eigenvalue weighted by atomic mass is 16.4. The first-order valence-corrected chi connectivity index (χ1v) is 5.81. The minimum atomic E-state index is -0.978. The normalized spacial score (nSPS) is 16.9. The van der Waals surface area contributed by atoms with E-state index >= 15 is 0 Å². The second-order valence-corrected chi connectivity index (χ2v) is 4.61. The van der Waals surface area contributed by atoms with Crippen molar-refractivity contribution in [2.75, 3.05) is 11.9 Å². The fraction of sp³-hybridized carbons (Fsp3) is 0.545. The van der Waals surface area contributed by atoms with Crippen LogP contribution in [0.1, 0.15) is 19.3 Å². The van der Waals surface area contributed by atoms with Crippen molar-refractivity contribution in [3.05, 3.63) is 12.4 Å². The number of nitrogens with zero attached hydrogens (tertiary/aromatic N) is 2. The topological polar surface area (TPSA) is 110 Å². The van der Waals surface area contributed by atoms with Crippen molar-refractivity contribution in [3.8, 4) is 0 Å². The second kappa shape index (κ2) is 4.77. The van der Waals surface area contributed by atoms with E-state index in [-0.39, 0.29) is 12.5 Å². The maximum absolute atomic E-state index is 12.0. The van der Waals surface area contributed by atoms with E-state index in [4.69, 9.17) is 10.8 Å². The number of anilines is 1. The quantitative estimate of drug-likeness (QED) is 0.685. The Kier molecular flexibility index (Phi) is 3.33. The summed E-state index contributed by atoms with van der Waals surface area (Å²) < 4.78 is 1.26. The maximum Gasteiger partial charge on any atom is 0.325 e. The van der Waals surface area contributed by atoms with Crippen LogP contribution in [0.3, 0.4) is 0 Å². The molecule has 1 saturated carbocycles. The predicted octanol–water partition coefficient (Wildman–Crippen LogP) is 0.0352. The summed E-state index contributed by atoms with van der Waals surface area (Å²) in [4.78, 5) is 22.5. The highest BCUT2D eigenvalue weighted by Crippen LogP contribution is 2.40. The zero-order chi connectivity index (χ0) is 13.2. The van der Waals surface area contributed by atoms with Gasteiger partial charge in [0.05, 0.1) is 17.3 Å². The van der Waals surface area contributed by atoms with Crippen LogP contribution in [0.5, 0.6) is 0 Å². The first-order valence-electron chi connectivity index (χ1n) is 5.81. The lowest BCUT2D eigenvalue weighted by atomic mass is 9.68. The van der Waals surface area contributed by atoms with Crippen LogP contribution in [0.2, 0.25) is 0 Å². The Balaban J connectivity index is 1.99. The first kappa shape index (κ1) is 12.6. The van der Waals surface area contributed by atoms with Crippen molar-refractivity contribution in [1.29, 1.82) is 0 Å². The monoisotopic (exact) mass is 252 g/mol. The van der Waals surface area contributed by atoms with E-state index in [9.17, 15) is 9.59 Å². The molecule has 0 unspecified atom stereocenters. The Hall–Kier alpha value is -1.89. The molecule has 0 aliphatic heterocycles. The second-order valence-electron chi connectivity index (χ2n) is 4.61. The third-order valence-electron chi connectivity index (χ3n) is 3.37. The molecule has 0 aromatic carbocycles. The van der Waals surface area contributed by atoms with Gasteiger partial charge in [0, 0.05) is 12.7 Å². The van der Waals surface area contributed by atoms with Gasteiger partial charge < -0.3 is 16.2 Å². The number of carboxylic acids is 1. The summed E-state index contributed by atoms with van der Waals surface area (Å²) in [6, 6.07) is 0. The number of aliphatic carboxylic acids is 1. The minimum absolute atomic E-state index is 0.105. The van der Waals surface area contributed by atoms with E-state index in [0.29, 0.717) is 12.2 Å². The van der Waals surface area contributed by atoms with Gasteiger partial charge in [-0.2, -0.15) is 5.10 Å². The summed E-state index contributed by atoms with van der Waals surface area (Å²) in [5.74, 6) is -1.08. The number of nitrogens with two attached hydrogens (primary N) is 1. The fourth-order valence-corrected chi connectivity index (χ4v) is 2.04. The van der Waals surface area contributed by atoms with Gasteiger partial charge in [0.15, 0.2) is 0 Å². The standard InChI is InChI=1S/C11H16N4O3/c12-7-11(2-1-3-11)10(18)14-8-4-13-15(5-8)6-9(16)17/h4-5H,1-3,6-7,12H2,(H,14,18)(H,16,17). The molecule has 0 bridgehead atoms. The van der Waals surface area contributed by atoms with Crippen LogP contribution >= 0.6 is 0 Å². The summed E-state index contributed by atoms with van der Waals surface area (Å²) in [6.45, 7) is 0.111. The number of nitrogens with one attached hydrogen (secondary N) is 1. The van der Waals surface area contributed by atoms with E-state index < -0.39 is 11.4 Å². The molecule has 0 radical (unpaired) electrons. The van der Waals surface area contributed by atoms with Crippen molar-refractivity contribution in [2.24, 2.45) is 11.1 Å². The van der Waals surface area contributed by atoms with Gasteiger partial charge in [-0.25, -0.2) is 0 Å². The number of carboxylic acid groups (broad SMARTS) is 1. The Morgan fingerprint density at radius 2 is 2.28 bits per heavy atom. The Bertz CT molecular complexity index is 459. The van der Waals surface area contributed by atoms with Gasteiger partial charge >= 0.3 is 5.97 Å². The zero-order valence-corrected chi connectivity index (χ0v) is 9.93. The molecule has 4 N–H and O–H groups in total. The van der Waals surface area contributed by atoms with Crippen molar-refractivity contribution >= 4 is 17.6 Å². The third kappa shape index (κ3) is 2.35. The van der Waals surface area contributed by atoms with E-state index in [1.165, 1.54) is 17.1 Å². The number of aromatic nitrogens is 2. The lowest BCUT2D eigenvalue weighted by molar-refractivity contribution is -0.137. The van der Waals surface area contributed by atoms with Gasteiger partial charge in [-0.1, -0.05) is 6.42 Å². The first-order chi connectivity index (χ1) is 8.55. The van der Waals surface area contributed by atoms with Crippen LogP contribution in [-0.2, 0) is 16.1 Å². The maximum atomic E-state index is 12.0. The molecule has 0 atom stereocenters. The number of hydrogen-bond donors (Lipinski definition) is 3. The third-order valence-corrected chi connectivity index (χ3v) is 3.37. The zero-order valence-electron chi connectivity index (χ0n) is 9.93. The van der Waals surface area contributed by atoms with Crippen LogP contribution in [0.4, 0.5) is 5.69 Å². The molecule has 7 heteroatoms. The number of hydrogen-bond acceptors (Lipinski definition) is 4. The average Bonchev–Trinajstić information content (AvgIpc) is 2.63. The van der Waals surface area contributed by atoms with E-state index in [0.717, 1.165) is 19.3 Å². The highest BCUT2D eigenvalue weighted by molar-refractivity contribution is 5.95. The molecule has 1 aromatic rings. The van der Waals surface area contributed by atoms with Crippen LogP contribution in [-0.4, -0.2) is 33.3 Å². The molecule has 2 rings (SSSR count). The molecule has 0 spiro atoms. The molecule has 98 valence electrons. The van der Waals surface area contributed by atoms with Gasteiger partial charge in [-0.05, 0) is 12.8 Å². The van der Waals surface area contributed by atoms with Crippen LogP contribution in [0.25, 0.3) is 0 Å². The molecular weight excluding hydrogens is 236 g/mol. The van der Waals surface area contributed by atoms with E-state index in [2.05, 4.69) is 10.4 Å². The van der Waals surface area contributed by atoms with Gasteiger partial charge in [0.2, 0.25) is 5.91 Å². The van der Waals surface area contributed by atoms with E-state index in [1.54, 1.807) is 0 Å². The smallest absolute Gasteiger partial charge is 0.325 e. The molecule has 1 fully saturated rings. The molecule has 1 heterocycles. The molecule has 1 amide bonds. The molecule has 1 aliphatic rings. The lowest BCUT2D eigenvalue weighted by Crippen LogP contribution is -2.47. The van der Waals surface area contributed by atoms with Gasteiger partial charge in [-0.15, -0.1) is 0 Å². The summed E-state index contributed by atoms with van der Waals surface area (Å²) in [6.07, 6.45) is 5.55. The average molecular weight is 252 g/mol.